The molecule has 0 atom stereocenters. The Morgan fingerprint density at radius 3 is 2.52 bits per heavy atom. The molecule has 2 aromatic carbocycles. The summed E-state index contributed by atoms with van der Waals surface area (Å²) in [7, 11) is 3.65. The van der Waals surface area contributed by atoms with Crippen LogP contribution in [0.1, 0.15) is 37.7 Å². The largest absolute Gasteiger partial charge is 0.372 e. The molecule has 0 spiro atoms. The average molecular weight is 446 g/mol. The molecule has 0 amide bonds. The lowest BCUT2D eigenvalue weighted by Crippen LogP contribution is -2.22. The molecule has 2 aromatic heterocycles. The maximum atomic E-state index is 14.1. The Morgan fingerprint density at radius 1 is 1.09 bits per heavy atom. The lowest BCUT2D eigenvalue weighted by atomic mass is 9.97. The second-order valence-electron chi connectivity index (χ2n) is 8.33. The Bertz CT molecular complexity index is 1290. The third kappa shape index (κ3) is 5.04. The van der Waals surface area contributed by atoms with E-state index in [0.717, 1.165) is 22.3 Å². The quantitative estimate of drug-likeness (QED) is 0.474. The van der Waals surface area contributed by atoms with E-state index in [4.69, 9.17) is 11.0 Å². The van der Waals surface area contributed by atoms with Crippen LogP contribution < -0.4 is 11.1 Å². The Kier molecular flexibility index (Phi) is 6.71. The normalized spacial score (nSPS) is 13.9. The maximum absolute atomic E-state index is 14.1. The summed E-state index contributed by atoms with van der Waals surface area (Å²) in [5.74, 6) is 0.113. The summed E-state index contributed by atoms with van der Waals surface area (Å²) < 4.78 is 17.6. The van der Waals surface area contributed by atoms with Gasteiger partial charge in [0, 0.05) is 43.4 Å². The monoisotopic (exact) mass is 445 g/mol. The highest BCUT2D eigenvalue weighted by Crippen LogP contribution is 2.28. The van der Waals surface area contributed by atoms with Gasteiger partial charge >= 0.3 is 0 Å². The number of hydrogen-bond acceptors (Lipinski definition) is 5. The topological polar surface area (TPSA) is 97.5 Å². The van der Waals surface area contributed by atoms with Crippen LogP contribution in [0.4, 0.5) is 10.2 Å². The molecule has 3 N–H and O–H groups in total. The summed E-state index contributed by atoms with van der Waals surface area (Å²) in [6.07, 6.45) is 8.60. The third-order valence-electron chi connectivity index (χ3n) is 5.85. The van der Waals surface area contributed by atoms with Gasteiger partial charge in [-0.25, -0.2) is 9.07 Å². The van der Waals surface area contributed by atoms with Crippen molar-refractivity contribution in [2.45, 2.75) is 38.1 Å². The highest BCUT2D eigenvalue weighted by Gasteiger charge is 2.14. The lowest BCUT2D eigenvalue weighted by Gasteiger charge is -2.15. The second-order valence-corrected chi connectivity index (χ2v) is 8.33. The first-order valence-corrected chi connectivity index (χ1v) is 11.2. The van der Waals surface area contributed by atoms with E-state index in [1.807, 2.05) is 43.6 Å². The van der Waals surface area contributed by atoms with Crippen LogP contribution in [0, 0.1) is 17.1 Å². The number of nitrogens with one attached hydrogen (secondary N) is 1. The van der Waals surface area contributed by atoms with E-state index in [-0.39, 0.29) is 5.56 Å². The predicted octanol–water partition coefficient (Wildman–Crippen LogP) is 4.76. The predicted molar refractivity (Wildman–Crippen MR) is 129 cm³/mol. The van der Waals surface area contributed by atoms with Gasteiger partial charge in [-0.3, -0.25) is 4.68 Å². The Morgan fingerprint density at radius 2 is 1.88 bits per heavy atom. The zero-order valence-electron chi connectivity index (χ0n) is 18.9. The van der Waals surface area contributed by atoms with E-state index in [1.54, 1.807) is 22.5 Å². The standard InChI is InChI=1S/C19H15FN6.C6H13N/c1-22-19-9-18(12-3-4-13(10-21)16(20)8-12)26(24-19)15-5-6-17-14(7-15)11-25(2)23-17;7-6-4-2-1-3-5-6/h3-9,11H,1-2H3,(H,22,24);6H,1-5,7H2. The van der Waals surface area contributed by atoms with E-state index in [1.165, 1.54) is 44.2 Å². The van der Waals surface area contributed by atoms with E-state index in [9.17, 15) is 4.39 Å². The van der Waals surface area contributed by atoms with Crippen LogP contribution in [0.15, 0.2) is 48.7 Å². The van der Waals surface area contributed by atoms with Gasteiger partial charge in [0.05, 0.1) is 22.5 Å². The van der Waals surface area contributed by atoms with Gasteiger partial charge in [-0.05, 0) is 43.2 Å². The molecule has 33 heavy (non-hydrogen) atoms. The van der Waals surface area contributed by atoms with E-state index in [0.29, 0.717) is 17.4 Å². The minimum absolute atomic E-state index is 0.0189. The van der Waals surface area contributed by atoms with Crippen LogP contribution in [0.25, 0.3) is 27.8 Å². The van der Waals surface area contributed by atoms with Crippen LogP contribution in [0.5, 0.6) is 0 Å². The van der Waals surface area contributed by atoms with Gasteiger partial charge in [-0.1, -0.05) is 25.3 Å². The van der Waals surface area contributed by atoms with Crippen molar-refractivity contribution in [2.75, 3.05) is 12.4 Å². The van der Waals surface area contributed by atoms with Crippen molar-refractivity contribution in [3.05, 3.63) is 60.0 Å². The van der Waals surface area contributed by atoms with Gasteiger partial charge in [-0.15, -0.1) is 5.10 Å². The number of fused-ring (bicyclic) bond motifs is 1. The first-order valence-electron chi connectivity index (χ1n) is 11.2. The number of nitrogens with zero attached hydrogens (tertiary/aromatic N) is 5. The molecule has 7 nitrogen and oxygen atoms in total. The van der Waals surface area contributed by atoms with Crippen LogP contribution in [-0.4, -0.2) is 32.7 Å². The van der Waals surface area contributed by atoms with Gasteiger partial charge in [-0.2, -0.15) is 10.4 Å². The van der Waals surface area contributed by atoms with Crippen molar-refractivity contribution in [3.8, 4) is 23.0 Å². The van der Waals surface area contributed by atoms with Crippen molar-refractivity contribution in [1.29, 1.82) is 5.26 Å². The van der Waals surface area contributed by atoms with Crippen molar-refractivity contribution >= 4 is 16.7 Å². The average Bonchev–Trinajstić information content (AvgIpc) is 3.42. The number of halogens is 1. The van der Waals surface area contributed by atoms with Gasteiger partial charge in [0.15, 0.2) is 0 Å². The summed E-state index contributed by atoms with van der Waals surface area (Å²) in [5.41, 5.74) is 8.75. The molecule has 8 heteroatoms. The minimum atomic E-state index is -0.550. The summed E-state index contributed by atoms with van der Waals surface area (Å²) in [6, 6.07) is 14.6. The molecule has 0 saturated heterocycles. The fourth-order valence-electron chi connectivity index (χ4n) is 4.07. The fourth-order valence-corrected chi connectivity index (χ4v) is 4.07. The molecular formula is C25H28FN7. The number of nitriles is 1. The molecule has 0 bridgehead atoms. The highest BCUT2D eigenvalue weighted by molar-refractivity contribution is 5.81. The lowest BCUT2D eigenvalue weighted by molar-refractivity contribution is 0.441. The summed E-state index contributed by atoms with van der Waals surface area (Å²) >= 11 is 0. The molecular weight excluding hydrogens is 417 g/mol. The molecule has 1 aliphatic carbocycles. The molecule has 170 valence electrons. The number of aromatic nitrogens is 4. The molecule has 2 heterocycles. The van der Waals surface area contributed by atoms with Crippen LogP contribution in [0.2, 0.25) is 0 Å². The second kappa shape index (κ2) is 9.84. The summed E-state index contributed by atoms with van der Waals surface area (Å²) in [4.78, 5) is 0. The minimum Gasteiger partial charge on any atom is -0.372 e. The van der Waals surface area contributed by atoms with Crippen LogP contribution in [0.3, 0.4) is 0 Å². The van der Waals surface area contributed by atoms with E-state index < -0.39 is 5.82 Å². The number of anilines is 1. The van der Waals surface area contributed by atoms with Crippen LogP contribution in [-0.2, 0) is 7.05 Å². The third-order valence-corrected chi connectivity index (χ3v) is 5.85. The zero-order valence-corrected chi connectivity index (χ0v) is 18.9. The van der Waals surface area contributed by atoms with Gasteiger partial charge in [0.2, 0.25) is 0 Å². The molecule has 5 rings (SSSR count). The molecule has 1 saturated carbocycles. The number of aryl methyl sites for hydroxylation is 1. The first-order chi connectivity index (χ1) is 16.0. The molecule has 0 radical (unpaired) electrons. The maximum Gasteiger partial charge on any atom is 0.148 e. The number of hydrogen-bond donors (Lipinski definition) is 2. The van der Waals surface area contributed by atoms with Crippen molar-refractivity contribution in [2.24, 2.45) is 12.8 Å². The molecule has 4 aromatic rings. The molecule has 1 fully saturated rings. The fraction of sp³-hybridized carbons (Fsp3) is 0.320. The Balaban J connectivity index is 0.000000318. The highest BCUT2D eigenvalue weighted by atomic mass is 19.1. The summed E-state index contributed by atoms with van der Waals surface area (Å²) in [5, 5.41) is 21.9. The van der Waals surface area contributed by atoms with Crippen molar-refractivity contribution in [1.82, 2.24) is 19.6 Å². The van der Waals surface area contributed by atoms with E-state index in [2.05, 4.69) is 15.5 Å². The first kappa shape index (κ1) is 22.5. The molecule has 0 unspecified atom stereocenters. The SMILES string of the molecule is CNc1cc(-c2ccc(C#N)c(F)c2)n(-c2ccc3nn(C)cc3c2)n1.NC1CCCCC1. The molecule has 1 aliphatic rings. The summed E-state index contributed by atoms with van der Waals surface area (Å²) in [6.45, 7) is 0. The smallest absolute Gasteiger partial charge is 0.148 e. The number of rotatable bonds is 3. The molecule has 0 aliphatic heterocycles. The van der Waals surface area contributed by atoms with Gasteiger partial charge in [0.25, 0.3) is 0 Å². The van der Waals surface area contributed by atoms with Gasteiger partial charge < -0.3 is 11.1 Å². The number of benzene rings is 2. The number of nitrogens with two attached hydrogens (primary N) is 1. The Labute approximate surface area is 192 Å². The van der Waals surface area contributed by atoms with E-state index >= 15 is 0 Å². The van der Waals surface area contributed by atoms with Crippen molar-refractivity contribution in [3.63, 3.8) is 0 Å². The Hall–Kier alpha value is -3.70. The zero-order chi connectivity index (χ0) is 23.4. The van der Waals surface area contributed by atoms with Crippen LogP contribution >= 0.6 is 0 Å². The van der Waals surface area contributed by atoms with Crippen molar-refractivity contribution < 1.29 is 4.39 Å². The van der Waals surface area contributed by atoms with Gasteiger partial charge in [0.1, 0.15) is 17.7 Å².